The minimum atomic E-state index is -1.07. The van der Waals surface area contributed by atoms with Crippen LogP contribution in [0.25, 0.3) is 0 Å². The number of carbonyl (C=O) groups excluding carboxylic acids is 1. The highest BCUT2D eigenvalue weighted by molar-refractivity contribution is 8.00. The van der Waals surface area contributed by atoms with Crippen molar-refractivity contribution < 1.29 is 4.79 Å². The number of ketones is 1. The SMILES string of the molecule is N[C@@H](CSC(c1ccccc1)(c1ccccc1)c1ccccc1)C(=O)C(c1ccccc1)(c1ccccc1)c1ccccc1. The molecule has 1 atom stereocenters. The Balaban J connectivity index is 1.48. The van der Waals surface area contributed by atoms with Gasteiger partial charge in [-0.15, -0.1) is 11.8 Å². The third-order valence-electron chi connectivity index (χ3n) is 8.35. The predicted octanol–water partition coefficient (Wildman–Crippen LogP) is 8.64. The topological polar surface area (TPSA) is 43.1 Å². The summed E-state index contributed by atoms with van der Waals surface area (Å²) in [7, 11) is 0. The van der Waals surface area contributed by atoms with E-state index >= 15 is 4.79 Å². The Hall–Kier alpha value is -4.70. The maximum Gasteiger partial charge on any atom is 0.169 e. The second-order valence-electron chi connectivity index (χ2n) is 10.9. The molecule has 0 unspecified atom stereocenters. The molecule has 0 bridgehead atoms. The van der Waals surface area contributed by atoms with E-state index in [1.54, 1.807) is 11.8 Å². The zero-order valence-electron chi connectivity index (χ0n) is 24.5. The van der Waals surface area contributed by atoms with E-state index in [-0.39, 0.29) is 5.78 Å². The van der Waals surface area contributed by atoms with Gasteiger partial charge in [-0.3, -0.25) is 4.79 Å². The lowest BCUT2D eigenvalue weighted by Gasteiger charge is -2.39. The fraction of sp³-hybridized carbons (Fsp3) is 0.0976. The van der Waals surface area contributed by atoms with Crippen molar-refractivity contribution in [2.24, 2.45) is 5.73 Å². The van der Waals surface area contributed by atoms with Gasteiger partial charge in [-0.1, -0.05) is 182 Å². The molecule has 6 rings (SSSR count). The molecule has 2 nitrogen and oxygen atoms in total. The fourth-order valence-electron chi connectivity index (χ4n) is 6.33. The van der Waals surface area contributed by atoms with Crippen molar-refractivity contribution in [3.05, 3.63) is 215 Å². The average molecular weight is 590 g/mol. The van der Waals surface area contributed by atoms with E-state index in [1.165, 1.54) is 0 Å². The van der Waals surface area contributed by atoms with E-state index in [4.69, 9.17) is 5.73 Å². The molecular weight excluding hydrogens is 555 g/mol. The lowest BCUT2D eigenvalue weighted by Crippen LogP contribution is -2.49. The highest BCUT2D eigenvalue weighted by Crippen LogP contribution is 2.49. The molecule has 0 heterocycles. The highest BCUT2D eigenvalue weighted by Gasteiger charge is 2.46. The lowest BCUT2D eigenvalue weighted by molar-refractivity contribution is -0.122. The molecule has 6 aromatic rings. The Morgan fingerprint density at radius 3 is 0.977 bits per heavy atom. The predicted molar refractivity (Wildman–Crippen MR) is 184 cm³/mol. The molecule has 0 saturated heterocycles. The molecular formula is C41H35NOS. The molecule has 0 fully saturated rings. The van der Waals surface area contributed by atoms with Crippen LogP contribution in [0.1, 0.15) is 33.4 Å². The Bertz CT molecular complexity index is 1570. The zero-order valence-corrected chi connectivity index (χ0v) is 25.3. The molecule has 0 amide bonds. The normalized spacial score (nSPS) is 12.4. The Morgan fingerprint density at radius 1 is 0.455 bits per heavy atom. The van der Waals surface area contributed by atoms with Gasteiger partial charge in [0.25, 0.3) is 0 Å². The molecule has 44 heavy (non-hydrogen) atoms. The fourth-order valence-corrected chi connectivity index (χ4v) is 7.82. The summed E-state index contributed by atoms with van der Waals surface area (Å²) in [5.41, 5.74) is 12.2. The van der Waals surface area contributed by atoms with Gasteiger partial charge >= 0.3 is 0 Å². The smallest absolute Gasteiger partial charge is 0.169 e. The van der Waals surface area contributed by atoms with Crippen molar-refractivity contribution in [3.8, 4) is 0 Å². The van der Waals surface area contributed by atoms with E-state index in [9.17, 15) is 0 Å². The van der Waals surface area contributed by atoms with Crippen LogP contribution in [0, 0.1) is 0 Å². The Kier molecular flexibility index (Phi) is 8.88. The number of hydrogen-bond acceptors (Lipinski definition) is 3. The summed E-state index contributed by atoms with van der Waals surface area (Å²) >= 11 is 1.72. The summed E-state index contributed by atoms with van der Waals surface area (Å²) in [5.74, 6) is 0.378. The van der Waals surface area contributed by atoms with Gasteiger partial charge in [-0.25, -0.2) is 0 Å². The maximum absolute atomic E-state index is 15.2. The lowest BCUT2D eigenvalue weighted by atomic mass is 9.65. The highest BCUT2D eigenvalue weighted by atomic mass is 32.2. The van der Waals surface area contributed by atoms with Crippen molar-refractivity contribution in [3.63, 3.8) is 0 Å². The first-order chi connectivity index (χ1) is 21.7. The number of benzene rings is 6. The molecule has 0 aliphatic heterocycles. The third-order valence-corrected chi connectivity index (χ3v) is 10.0. The molecule has 0 aliphatic rings. The van der Waals surface area contributed by atoms with Gasteiger partial charge in [0.1, 0.15) is 5.41 Å². The van der Waals surface area contributed by atoms with E-state index < -0.39 is 16.2 Å². The van der Waals surface area contributed by atoms with E-state index in [0.717, 1.165) is 33.4 Å². The summed E-state index contributed by atoms with van der Waals surface area (Å²) in [5, 5.41) is 0. The minimum absolute atomic E-state index is 0.0308. The number of hydrogen-bond donors (Lipinski definition) is 1. The molecule has 0 radical (unpaired) electrons. The minimum Gasteiger partial charge on any atom is -0.321 e. The number of rotatable bonds is 11. The van der Waals surface area contributed by atoms with Gasteiger partial charge in [0.2, 0.25) is 0 Å². The summed E-state index contributed by atoms with van der Waals surface area (Å²) in [6.45, 7) is 0. The molecule has 0 aromatic heterocycles. The van der Waals surface area contributed by atoms with Crippen LogP contribution in [0.5, 0.6) is 0 Å². The van der Waals surface area contributed by atoms with Gasteiger partial charge < -0.3 is 5.73 Å². The summed E-state index contributed by atoms with van der Waals surface area (Å²) in [4.78, 5) is 15.2. The number of Topliss-reactive ketones (excluding diaryl/α,β-unsaturated/α-hetero) is 1. The van der Waals surface area contributed by atoms with Gasteiger partial charge in [-0.05, 0) is 33.4 Å². The van der Waals surface area contributed by atoms with E-state index in [0.29, 0.717) is 5.75 Å². The van der Waals surface area contributed by atoms with Crippen molar-refractivity contribution >= 4 is 17.5 Å². The zero-order chi connectivity index (χ0) is 30.2. The van der Waals surface area contributed by atoms with Crippen LogP contribution >= 0.6 is 11.8 Å². The van der Waals surface area contributed by atoms with Gasteiger partial charge in [0, 0.05) is 5.75 Å². The van der Waals surface area contributed by atoms with Crippen LogP contribution in [0.2, 0.25) is 0 Å². The maximum atomic E-state index is 15.2. The first-order valence-electron chi connectivity index (χ1n) is 14.9. The van der Waals surface area contributed by atoms with E-state index in [2.05, 4.69) is 72.8 Å². The quantitative estimate of drug-likeness (QED) is 0.154. The van der Waals surface area contributed by atoms with Crippen LogP contribution in [-0.4, -0.2) is 17.6 Å². The molecule has 6 aromatic carbocycles. The Labute approximate surface area is 264 Å². The van der Waals surface area contributed by atoms with Crippen molar-refractivity contribution in [1.82, 2.24) is 0 Å². The van der Waals surface area contributed by atoms with Crippen molar-refractivity contribution in [2.45, 2.75) is 16.2 Å². The van der Waals surface area contributed by atoms with Crippen molar-refractivity contribution in [2.75, 3.05) is 5.75 Å². The Morgan fingerprint density at radius 2 is 0.705 bits per heavy atom. The summed E-state index contributed by atoms with van der Waals surface area (Å²) < 4.78 is -0.573. The molecule has 2 N–H and O–H groups in total. The second kappa shape index (κ2) is 13.3. The number of carbonyl (C=O) groups is 1. The monoisotopic (exact) mass is 589 g/mol. The van der Waals surface area contributed by atoms with Gasteiger partial charge in [0.05, 0.1) is 10.8 Å². The molecule has 0 saturated carbocycles. The van der Waals surface area contributed by atoms with Gasteiger partial charge in [0.15, 0.2) is 5.78 Å². The van der Waals surface area contributed by atoms with Crippen LogP contribution in [0.4, 0.5) is 0 Å². The van der Waals surface area contributed by atoms with Gasteiger partial charge in [-0.2, -0.15) is 0 Å². The average Bonchev–Trinajstić information content (AvgIpc) is 3.11. The standard InChI is InChI=1S/C41H35NOS/c42-38(31-44-41(35-25-13-4-14-26-35,36-27-15-5-16-28-36)37-29-17-6-18-30-37)39(43)40(32-19-7-1-8-20-32,33-21-9-2-10-22-33)34-23-11-3-12-24-34/h1-30,38H,31,42H2/t38-/m0/s1. The number of thioether (sulfide) groups is 1. The van der Waals surface area contributed by atoms with E-state index in [1.807, 2.05) is 109 Å². The third kappa shape index (κ3) is 5.41. The first-order valence-corrected chi connectivity index (χ1v) is 15.9. The van der Waals surface area contributed by atoms with Crippen molar-refractivity contribution in [1.29, 1.82) is 0 Å². The molecule has 216 valence electrons. The van der Waals surface area contributed by atoms with Crippen LogP contribution < -0.4 is 5.73 Å². The summed E-state index contributed by atoms with van der Waals surface area (Å²) in [6.07, 6.45) is 0. The molecule has 0 aliphatic carbocycles. The van der Waals surface area contributed by atoms with Crippen LogP contribution in [0.15, 0.2) is 182 Å². The number of nitrogens with two attached hydrogens (primary N) is 1. The van der Waals surface area contributed by atoms with Crippen LogP contribution in [0.3, 0.4) is 0 Å². The second-order valence-corrected chi connectivity index (χ2v) is 12.1. The molecule has 0 spiro atoms. The summed E-state index contributed by atoms with van der Waals surface area (Å²) in [6, 6.07) is 61.0. The van der Waals surface area contributed by atoms with Crippen LogP contribution in [-0.2, 0) is 15.0 Å². The largest absolute Gasteiger partial charge is 0.321 e. The first kappa shape index (κ1) is 29.4. The molecule has 3 heteroatoms.